The van der Waals surface area contributed by atoms with Crippen LogP contribution >= 0.6 is 43.5 Å². The largest absolute Gasteiger partial charge is 0.496 e. The summed E-state index contributed by atoms with van der Waals surface area (Å²) in [6, 6.07) is 9.85. The topological polar surface area (TPSA) is 18.5 Å². The minimum atomic E-state index is 0.408. The Kier molecular flexibility index (Phi) is 5.97. The van der Waals surface area contributed by atoms with Crippen molar-refractivity contribution in [3.63, 3.8) is 0 Å². The summed E-state index contributed by atoms with van der Waals surface area (Å²) in [6.45, 7) is 2.43. The predicted octanol–water partition coefficient (Wildman–Crippen LogP) is 5.85. The van der Waals surface area contributed by atoms with Gasteiger partial charge >= 0.3 is 0 Å². The second-order valence-electron chi connectivity index (χ2n) is 4.59. The summed E-state index contributed by atoms with van der Waals surface area (Å²) in [7, 11) is 1.65. The molecule has 21 heavy (non-hydrogen) atoms. The number of methoxy groups -OCH3 is 1. The molecule has 0 N–H and O–H groups in total. The maximum absolute atomic E-state index is 6.01. The van der Waals surface area contributed by atoms with Gasteiger partial charge < -0.3 is 9.47 Å². The van der Waals surface area contributed by atoms with Crippen LogP contribution < -0.4 is 9.47 Å². The smallest absolute Gasteiger partial charge is 0.127 e. The first-order valence-electron chi connectivity index (χ1n) is 6.35. The zero-order valence-corrected chi connectivity index (χ0v) is 15.7. The molecule has 2 rings (SSSR count). The van der Waals surface area contributed by atoms with Gasteiger partial charge in [0.1, 0.15) is 18.1 Å². The number of rotatable bonds is 5. The average Bonchev–Trinajstić information content (AvgIpc) is 2.45. The zero-order valence-electron chi connectivity index (χ0n) is 11.8. The molecule has 0 aliphatic carbocycles. The highest BCUT2D eigenvalue weighted by atomic mass is 79.9. The molecule has 0 bridgehead atoms. The summed E-state index contributed by atoms with van der Waals surface area (Å²) in [5.41, 5.74) is 3.00. The second kappa shape index (κ2) is 7.52. The van der Waals surface area contributed by atoms with E-state index in [9.17, 15) is 0 Å². The van der Waals surface area contributed by atoms with E-state index in [4.69, 9.17) is 21.1 Å². The van der Waals surface area contributed by atoms with Crippen molar-refractivity contribution in [2.45, 2.75) is 19.4 Å². The van der Waals surface area contributed by atoms with Gasteiger partial charge in [-0.1, -0.05) is 31.9 Å². The molecule has 2 nitrogen and oxygen atoms in total. The Bertz CT molecular complexity index is 644. The molecular weight excluding hydrogens is 419 g/mol. The minimum Gasteiger partial charge on any atom is -0.496 e. The summed E-state index contributed by atoms with van der Waals surface area (Å²) in [5.74, 6) is 2.04. The molecule has 0 heterocycles. The Morgan fingerprint density at radius 2 is 1.76 bits per heavy atom. The number of hydrogen-bond acceptors (Lipinski definition) is 2. The fourth-order valence-corrected chi connectivity index (χ4v) is 3.34. The van der Waals surface area contributed by atoms with Gasteiger partial charge in [0.2, 0.25) is 0 Å². The number of hydrogen-bond donors (Lipinski definition) is 0. The van der Waals surface area contributed by atoms with Crippen LogP contribution in [0, 0.1) is 6.92 Å². The molecule has 0 aromatic heterocycles. The van der Waals surface area contributed by atoms with Crippen molar-refractivity contribution in [3.05, 3.63) is 56.0 Å². The van der Waals surface area contributed by atoms with Gasteiger partial charge in [-0.15, -0.1) is 11.6 Å². The van der Waals surface area contributed by atoms with Crippen LogP contribution in [0.15, 0.2) is 39.3 Å². The van der Waals surface area contributed by atoms with E-state index in [-0.39, 0.29) is 0 Å². The molecule has 0 amide bonds. The van der Waals surface area contributed by atoms with Crippen LogP contribution in [0.4, 0.5) is 0 Å². The van der Waals surface area contributed by atoms with Gasteiger partial charge in [0.15, 0.2) is 0 Å². The standard InChI is InChI=1S/C16H15Br2ClO2/c1-10-5-14(18)6-11(8-19)16(10)21-9-12-7-13(17)3-4-15(12)20-2/h3-7H,8-9H2,1-2H3. The molecule has 0 saturated carbocycles. The average molecular weight is 435 g/mol. The highest BCUT2D eigenvalue weighted by molar-refractivity contribution is 9.10. The van der Waals surface area contributed by atoms with E-state index < -0.39 is 0 Å². The van der Waals surface area contributed by atoms with E-state index >= 15 is 0 Å². The number of ether oxygens (including phenoxy) is 2. The lowest BCUT2D eigenvalue weighted by Crippen LogP contribution is -2.02. The highest BCUT2D eigenvalue weighted by Crippen LogP contribution is 2.31. The van der Waals surface area contributed by atoms with Crippen molar-refractivity contribution >= 4 is 43.5 Å². The van der Waals surface area contributed by atoms with Gasteiger partial charge in [-0.05, 0) is 42.8 Å². The summed E-state index contributed by atoms with van der Waals surface area (Å²) < 4.78 is 13.3. The molecule has 0 unspecified atom stereocenters. The third kappa shape index (κ3) is 4.15. The SMILES string of the molecule is COc1ccc(Br)cc1COc1c(C)cc(Br)cc1CCl. The van der Waals surface area contributed by atoms with E-state index in [2.05, 4.69) is 31.9 Å². The third-order valence-corrected chi connectivity index (χ3v) is 4.31. The van der Waals surface area contributed by atoms with Gasteiger partial charge in [-0.25, -0.2) is 0 Å². The first kappa shape index (κ1) is 16.7. The van der Waals surface area contributed by atoms with Gasteiger partial charge in [-0.3, -0.25) is 0 Å². The Balaban J connectivity index is 2.26. The Morgan fingerprint density at radius 1 is 1.05 bits per heavy atom. The molecule has 0 radical (unpaired) electrons. The summed E-state index contributed by atoms with van der Waals surface area (Å²) in [4.78, 5) is 0. The molecule has 5 heteroatoms. The lowest BCUT2D eigenvalue weighted by molar-refractivity contribution is 0.292. The number of benzene rings is 2. The van der Waals surface area contributed by atoms with E-state index in [1.165, 1.54) is 0 Å². The van der Waals surface area contributed by atoms with Crippen LogP contribution in [-0.2, 0) is 12.5 Å². The van der Waals surface area contributed by atoms with Gasteiger partial charge in [-0.2, -0.15) is 0 Å². The second-order valence-corrected chi connectivity index (χ2v) is 6.69. The molecule has 2 aromatic carbocycles. The van der Waals surface area contributed by atoms with Crippen LogP contribution in [0.2, 0.25) is 0 Å². The lowest BCUT2D eigenvalue weighted by atomic mass is 10.1. The van der Waals surface area contributed by atoms with Crippen molar-refractivity contribution in [3.8, 4) is 11.5 Å². The molecule has 112 valence electrons. The summed E-state index contributed by atoms with van der Waals surface area (Å²) in [5, 5.41) is 0. The van der Waals surface area contributed by atoms with E-state index in [1.54, 1.807) is 7.11 Å². The molecule has 0 atom stereocenters. The molecule has 2 aromatic rings. The monoisotopic (exact) mass is 432 g/mol. The molecule has 0 saturated heterocycles. The maximum atomic E-state index is 6.01. The van der Waals surface area contributed by atoms with Crippen LogP contribution in [0.5, 0.6) is 11.5 Å². The first-order chi connectivity index (χ1) is 10.0. The van der Waals surface area contributed by atoms with Gasteiger partial charge in [0.05, 0.1) is 13.0 Å². The number of halogens is 3. The predicted molar refractivity (Wildman–Crippen MR) is 93.5 cm³/mol. The molecule has 0 spiro atoms. The molecule has 0 fully saturated rings. The quantitative estimate of drug-likeness (QED) is 0.550. The fraction of sp³-hybridized carbons (Fsp3) is 0.250. The van der Waals surface area contributed by atoms with Crippen molar-refractivity contribution in [2.24, 2.45) is 0 Å². The Morgan fingerprint density at radius 3 is 2.43 bits per heavy atom. The van der Waals surface area contributed by atoms with Crippen LogP contribution in [0.3, 0.4) is 0 Å². The van der Waals surface area contributed by atoms with Crippen molar-refractivity contribution in [1.82, 2.24) is 0 Å². The number of alkyl halides is 1. The number of aryl methyl sites for hydroxylation is 1. The minimum absolute atomic E-state index is 0.408. The normalized spacial score (nSPS) is 10.5. The molecular formula is C16H15Br2ClO2. The van der Waals surface area contributed by atoms with E-state index in [0.717, 1.165) is 37.1 Å². The van der Waals surface area contributed by atoms with Crippen molar-refractivity contribution in [2.75, 3.05) is 7.11 Å². The molecule has 0 aliphatic rings. The lowest BCUT2D eigenvalue weighted by Gasteiger charge is -2.15. The van der Waals surface area contributed by atoms with Crippen LogP contribution in [0.1, 0.15) is 16.7 Å². The zero-order chi connectivity index (χ0) is 15.4. The van der Waals surface area contributed by atoms with Crippen molar-refractivity contribution in [1.29, 1.82) is 0 Å². The highest BCUT2D eigenvalue weighted by Gasteiger charge is 2.11. The van der Waals surface area contributed by atoms with Crippen LogP contribution in [0.25, 0.3) is 0 Å². The Hall–Kier alpha value is -0.710. The third-order valence-electron chi connectivity index (χ3n) is 3.07. The molecule has 0 aliphatic heterocycles. The summed E-state index contributed by atoms with van der Waals surface area (Å²) in [6.07, 6.45) is 0. The first-order valence-corrected chi connectivity index (χ1v) is 8.47. The summed E-state index contributed by atoms with van der Waals surface area (Å²) >= 11 is 12.9. The van der Waals surface area contributed by atoms with Crippen molar-refractivity contribution < 1.29 is 9.47 Å². The van der Waals surface area contributed by atoms with E-state index in [0.29, 0.717) is 12.5 Å². The van der Waals surface area contributed by atoms with Gasteiger partial charge in [0.25, 0.3) is 0 Å². The van der Waals surface area contributed by atoms with E-state index in [1.807, 2.05) is 37.3 Å². The van der Waals surface area contributed by atoms with Gasteiger partial charge in [0, 0.05) is 20.1 Å². The Labute approximate surface area is 146 Å². The fourth-order valence-electron chi connectivity index (χ4n) is 2.11. The van der Waals surface area contributed by atoms with Crippen LogP contribution in [-0.4, -0.2) is 7.11 Å². The maximum Gasteiger partial charge on any atom is 0.127 e.